The highest BCUT2D eigenvalue weighted by Crippen LogP contribution is 2.44. The number of methoxy groups -OCH3 is 2. The monoisotopic (exact) mass is 301 g/mol. The maximum Gasteiger partial charge on any atom is 0.420 e. The normalized spacial score (nSPS) is 11.5. The average Bonchev–Trinajstić information content (AvgIpc) is 2.76. The number of alkyl halides is 3. The number of ether oxygens (including phenoxy) is 2. The van der Waals surface area contributed by atoms with Crippen molar-refractivity contribution in [1.82, 2.24) is 9.78 Å². The lowest BCUT2D eigenvalue weighted by atomic mass is 10.1. The molecule has 1 aromatic heterocycles. The summed E-state index contributed by atoms with van der Waals surface area (Å²) < 4.78 is 50.6. The summed E-state index contributed by atoms with van der Waals surface area (Å²) in [6.07, 6.45) is -4.57. The summed E-state index contributed by atoms with van der Waals surface area (Å²) in [6, 6.07) is 3.88. The maximum atomic E-state index is 13.1. The average molecular weight is 301 g/mol. The van der Waals surface area contributed by atoms with Gasteiger partial charge < -0.3 is 15.2 Å². The minimum atomic E-state index is -4.57. The molecule has 0 atom stereocenters. The molecule has 0 radical (unpaired) electrons. The Kier molecular flexibility index (Phi) is 3.71. The number of aromatic nitrogens is 2. The zero-order chi connectivity index (χ0) is 15.8. The van der Waals surface area contributed by atoms with E-state index in [1.165, 1.54) is 23.9 Å². The fourth-order valence-corrected chi connectivity index (χ4v) is 1.95. The lowest BCUT2D eigenvalue weighted by Gasteiger charge is -2.16. The molecule has 2 N–H and O–H groups in total. The van der Waals surface area contributed by atoms with Crippen molar-refractivity contribution in [2.24, 2.45) is 7.05 Å². The van der Waals surface area contributed by atoms with Gasteiger partial charge in [-0.05, 0) is 12.1 Å². The minimum Gasteiger partial charge on any atom is -0.493 e. The summed E-state index contributed by atoms with van der Waals surface area (Å²) in [4.78, 5) is 0. The van der Waals surface area contributed by atoms with E-state index in [1.54, 1.807) is 7.05 Å². The molecule has 21 heavy (non-hydrogen) atoms. The molecule has 0 fully saturated rings. The van der Waals surface area contributed by atoms with Crippen molar-refractivity contribution in [2.75, 3.05) is 20.0 Å². The number of nitrogen functional groups attached to an aromatic ring is 1. The second-order valence-electron chi connectivity index (χ2n) is 4.34. The van der Waals surface area contributed by atoms with Crippen LogP contribution in [0.25, 0.3) is 11.3 Å². The van der Waals surface area contributed by atoms with E-state index in [0.29, 0.717) is 11.5 Å². The number of rotatable bonds is 3. The molecule has 0 aliphatic heterocycles. The number of benzene rings is 1. The van der Waals surface area contributed by atoms with E-state index in [2.05, 4.69) is 5.10 Å². The number of nitrogens with zero attached hydrogens (tertiary/aromatic N) is 2. The highest BCUT2D eigenvalue weighted by atomic mass is 19.4. The van der Waals surface area contributed by atoms with E-state index in [1.807, 2.05) is 0 Å². The predicted octanol–water partition coefficient (Wildman–Crippen LogP) is 2.71. The van der Waals surface area contributed by atoms with Gasteiger partial charge in [-0.2, -0.15) is 18.3 Å². The third-order valence-corrected chi connectivity index (χ3v) is 3.00. The maximum absolute atomic E-state index is 13.1. The van der Waals surface area contributed by atoms with Gasteiger partial charge in [0.2, 0.25) is 0 Å². The first-order valence-electron chi connectivity index (χ1n) is 5.91. The van der Waals surface area contributed by atoms with E-state index in [-0.39, 0.29) is 17.1 Å². The summed E-state index contributed by atoms with van der Waals surface area (Å²) in [7, 11) is 4.03. The number of nitrogens with two attached hydrogens (primary N) is 1. The number of aryl methyl sites for hydroxylation is 1. The molecule has 114 valence electrons. The van der Waals surface area contributed by atoms with Crippen LogP contribution in [0.15, 0.2) is 18.2 Å². The lowest BCUT2D eigenvalue weighted by Crippen LogP contribution is -2.09. The Balaban J connectivity index is 2.68. The summed E-state index contributed by atoms with van der Waals surface area (Å²) in [5.74, 6) is -0.0439. The van der Waals surface area contributed by atoms with Crippen molar-refractivity contribution < 1.29 is 22.6 Å². The Morgan fingerprint density at radius 1 is 1.14 bits per heavy atom. The van der Waals surface area contributed by atoms with Crippen molar-refractivity contribution in [3.63, 3.8) is 0 Å². The van der Waals surface area contributed by atoms with E-state index >= 15 is 0 Å². The van der Waals surface area contributed by atoms with Crippen LogP contribution in [0.1, 0.15) is 5.56 Å². The molecular weight excluding hydrogens is 287 g/mol. The molecule has 0 amide bonds. The Bertz CT molecular complexity index is 646. The van der Waals surface area contributed by atoms with Gasteiger partial charge >= 0.3 is 6.18 Å². The largest absolute Gasteiger partial charge is 0.493 e. The van der Waals surface area contributed by atoms with Crippen LogP contribution in [0.2, 0.25) is 0 Å². The molecule has 1 aromatic carbocycles. The van der Waals surface area contributed by atoms with E-state index in [4.69, 9.17) is 15.2 Å². The molecule has 1 heterocycles. The Labute approximate surface area is 119 Å². The molecule has 0 aliphatic rings. The van der Waals surface area contributed by atoms with E-state index in [0.717, 1.165) is 13.2 Å². The number of hydrogen-bond acceptors (Lipinski definition) is 4. The van der Waals surface area contributed by atoms with Gasteiger partial charge in [0.25, 0.3) is 0 Å². The molecule has 0 aliphatic carbocycles. The van der Waals surface area contributed by atoms with Crippen molar-refractivity contribution in [2.45, 2.75) is 6.18 Å². The second-order valence-corrected chi connectivity index (χ2v) is 4.34. The summed E-state index contributed by atoms with van der Waals surface area (Å²) in [6.45, 7) is 0. The van der Waals surface area contributed by atoms with E-state index in [9.17, 15) is 13.2 Å². The molecule has 8 heteroatoms. The first-order valence-corrected chi connectivity index (χ1v) is 5.91. The van der Waals surface area contributed by atoms with Crippen LogP contribution in [0, 0.1) is 0 Å². The van der Waals surface area contributed by atoms with Gasteiger partial charge in [-0.15, -0.1) is 0 Å². The third kappa shape index (κ3) is 2.74. The zero-order valence-corrected chi connectivity index (χ0v) is 11.7. The first-order chi connectivity index (χ1) is 9.77. The summed E-state index contributed by atoms with van der Waals surface area (Å²) >= 11 is 0. The number of hydrogen-bond donors (Lipinski definition) is 1. The predicted molar refractivity (Wildman–Crippen MR) is 71.2 cm³/mol. The van der Waals surface area contributed by atoms with Crippen LogP contribution in [-0.2, 0) is 13.2 Å². The highest BCUT2D eigenvalue weighted by molar-refractivity contribution is 5.68. The Hall–Kier alpha value is -2.38. The van der Waals surface area contributed by atoms with Gasteiger partial charge in [-0.25, -0.2) is 0 Å². The Morgan fingerprint density at radius 2 is 1.81 bits per heavy atom. The van der Waals surface area contributed by atoms with Crippen LogP contribution in [0.5, 0.6) is 11.5 Å². The molecule has 2 aromatic rings. The molecule has 5 nitrogen and oxygen atoms in total. The topological polar surface area (TPSA) is 62.3 Å². The molecule has 0 saturated heterocycles. The van der Waals surface area contributed by atoms with Gasteiger partial charge in [-0.1, -0.05) is 0 Å². The van der Waals surface area contributed by atoms with Gasteiger partial charge in [0.1, 0.15) is 11.4 Å². The number of anilines is 1. The van der Waals surface area contributed by atoms with Crippen LogP contribution < -0.4 is 15.2 Å². The SMILES string of the molecule is COc1cc(-c2cc(N)n(C)n2)cc(C(F)(F)F)c1OC. The fraction of sp³-hybridized carbons (Fsp3) is 0.308. The van der Waals surface area contributed by atoms with E-state index < -0.39 is 11.7 Å². The van der Waals surface area contributed by atoms with Crippen molar-refractivity contribution in [1.29, 1.82) is 0 Å². The molecule has 0 unspecified atom stereocenters. The van der Waals surface area contributed by atoms with Gasteiger partial charge in [0.15, 0.2) is 11.5 Å². The van der Waals surface area contributed by atoms with Gasteiger partial charge in [0.05, 0.1) is 19.9 Å². The molecule has 0 bridgehead atoms. The van der Waals surface area contributed by atoms with Crippen LogP contribution in [-0.4, -0.2) is 24.0 Å². The van der Waals surface area contributed by atoms with Crippen molar-refractivity contribution in [3.8, 4) is 22.8 Å². The highest BCUT2D eigenvalue weighted by Gasteiger charge is 2.36. The summed E-state index contributed by atoms with van der Waals surface area (Å²) in [5.41, 5.74) is 5.29. The fourth-order valence-electron chi connectivity index (χ4n) is 1.95. The van der Waals surface area contributed by atoms with Crippen molar-refractivity contribution in [3.05, 3.63) is 23.8 Å². The molecular formula is C13H14F3N3O2. The second kappa shape index (κ2) is 5.19. The van der Waals surface area contributed by atoms with Crippen LogP contribution >= 0.6 is 0 Å². The molecule has 0 spiro atoms. The van der Waals surface area contributed by atoms with Gasteiger partial charge in [-0.3, -0.25) is 4.68 Å². The smallest absolute Gasteiger partial charge is 0.420 e. The molecule has 2 rings (SSSR count). The lowest BCUT2D eigenvalue weighted by molar-refractivity contribution is -0.138. The zero-order valence-electron chi connectivity index (χ0n) is 11.7. The Morgan fingerprint density at radius 3 is 2.24 bits per heavy atom. The quantitative estimate of drug-likeness (QED) is 0.947. The summed E-state index contributed by atoms with van der Waals surface area (Å²) in [5, 5.41) is 4.06. The van der Waals surface area contributed by atoms with Crippen molar-refractivity contribution >= 4 is 5.82 Å². The van der Waals surface area contributed by atoms with Crippen LogP contribution in [0.4, 0.5) is 19.0 Å². The number of halogens is 3. The standard InChI is InChI=1S/C13H14F3N3O2/c1-19-11(17)6-9(18-19)7-4-8(13(14,15)16)12(21-3)10(5-7)20-2/h4-6H,17H2,1-3H3. The molecule has 0 saturated carbocycles. The van der Waals surface area contributed by atoms with Crippen LogP contribution in [0.3, 0.4) is 0 Å². The minimum absolute atomic E-state index is 0.0217. The van der Waals surface area contributed by atoms with Gasteiger partial charge in [0, 0.05) is 18.7 Å². The third-order valence-electron chi connectivity index (χ3n) is 3.00. The first kappa shape index (κ1) is 15.0.